The first kappa shape index (κ1) is 21.3. The van der Waals surface area contributed by atoms with Crippen LogP contribution in [0.25, 0.3) is 0 Å². The third-order valence-corrected chi connectivity index (χ3v) is 8.33. The summed E-state index contributed by atoms with van der Waals surface area (Å²) in [5, 5.41) is 9.99. The van der Waals surface area contributed by atoms with Gasteiger partial charge in [0.15, 0.2) is 0 Å². The summed E-state index contributed by atoms with van der Waals surface area (Å²) < 4.78 is 6.10. The Morgan fingerprint density at radius 1 is 0.912 bits per heavy atom. The molecule has 0 bridgehead atoms. The van der Waals surface area contributed by atoms with E-state index in [4.69, 9.17) is 4.74 Å². The number of rotatable bonds is 4. The summed E-state index contributed by atoms with van der Waals surface area (Å²) in [4.78, 5) is 13.6. The molecule has 0 unspecified atom stereocenters. The minimum atomic E-state index is 0.169. The van der Waals surface area contributed by atoms with E-state index in [9.17, 15) is 9.90 Å². The molecule has 3 aliphatic rings. The molecule has 2 fully saturated rings. The second-order valence-electron chi connectivity index (χ2n) is 10.4. The number of hydrogen-bond acceptors (Lipinski definition) is 4. The predicted octanol–water partition coefficient (Wildman–Crippen LogP) is 5.90. The lowest BCUT2D eigenvalue weighted by molar-refractivity contribution is -0.112. The average Bonchev–Trinajstić information content (AvgIpc) is 2.87. The minimum absolute atomic E-state index is 0.169. The Hall–Kier alpha value is -3.27. The normalized spacial score (nSPS) is 23.6. The Morgan fingerprint density at radius 3 is 2.35 bits per heavy atom. The van der Waals surface area contributed by atoms with Crippen molar-refractivity contribution < 1.29 is 14.6 Å². The lowest BCUT2D eigenvalue weighted by Gasteiger charge is -2.54. The summed E-state index contributed by atoms with van der Waals surface area (Å²) in [6.07, 6.45) is 5.61. The van der Waals surface area contributed by atoms with Gasteiger partial charge in [-0.3, -0.25) is 0 Å². The second-order valence-corrected chi connectivity index (χ2v) is 10.4. The number of aldehydes is 1. The van der Waals surface area contributed by atoms with E-state index in [0.29, 0.717) is 12.0 Å². The number of fused-ring (bicyclic) bond motifs is 1. The first-order valence-corrected chi connectivity index (χ1v) is 12.4. The lowest BCUT2D eigenvalue weighted by Crippen LogP contribution is -2.57. The molecule has 0 aromatic heterocycles. The largest absolute Gasteiger partial charge is 0.508 e. The molecule has 0 radical (unpaired) electrons. The first-order valence-electron chi connectivity index (χ1n) is 12.4. The number of carbonyl (C=O) groups is 1. The number of carbonyl (C=O) groups excluding carboxylic acids is 1. The molecule has 2 atom stereocenters. The molecular weight excluding hydrogens is 422 g/mol. The Labute approximate surface area is 201 Å². The van der Waals surface area contributed by atoms with E-state index < -0.39 is 0 Å². The van der Waals surface area contributed by atoms with Crippen LogP contribution >= 0.6 is 0 Å². The van der Waals surface area contributed by atoms with Crippen molar-refractivity contribution in [1.82, 2.24) is 0 Å². The fourth-order valence-electron chi connectivity index (χ4n) is 6.34. The molecule has 34 heavy (non-hydrogen) atoms. The van der Waals surface area contributed by atoms with E-state index >= 15 is 0 Å². The zero-order valence-electron chi connectivity index (χ0n) is 19.4. The van der Waals surface area contributed by atoms with Crippen LogP contribution in [0.4, 0.5) is 5.69 Å². The van der Waals surface area contributed by atoms with Crippen LogP contribution in [0.3, 0.4) is 0 Å². The topological polar surface area (TPSA) is 49.8 Å². The fraction of sp³-hybridized carbons (Fsp3) is 0.367. The van der Waals surface area contributed by atoms with E-state index in [2.05, 4.69) is 53.4 Å². The molecule has 4 nitrogen and oxygen atoms in total. The highest BCUT2D eigenvalue weighted by molar-refractivity contribution is 5.56. The molecule has 1 saturated carbocycles. The smallest absolute Gasteiger partial charge is 0.126 e. The molecule has 1 spiro atoms. The van der Waals surface area contributed by atoms with Crippen molar-refractivity contribution in [2.45, 2.75) is 37.5 Å². The molecule has 1 saturated heterocycles. The number of nitrogens with zero attached hydrogens (tertiary/aromatic N) is 1. The van der Waals surface area contributed by atoms with Crippen LogP contribution in [0.2, 0.25) is 0 Å². The van der Waals surface area contributed by atoms with Crippen LogP contribution < -0.4 is 9.64 Å². The van der Waals surface area contributed by atoms with Gasteiger partial charge in [0.1, 0.15) is 17.8 Å². The van der Waals surface area contributed by atoms with E-state index in [1.165, 1.54) is 29.7 Å². The van der Waals surface area contributed by atoms with Gasteiger partial charge in [0.2, 0.25) is 0 Å². The van der Waals surface area contributed by atoms with Gasteiger partial charge < -0.3 is 19.5 Å². The number of aromatic hydroxyl groups is 1. The number of phenolic OH excluding ortho intramolecular Hbond substituents is 1. The molecule has 3 aromatic rings. The van der Waals surface area contributed by atoms with Gasteiger partial charge in [-0.25, -0.2) is 0 Å². The monoisotopic (exact) mass is 453 g/mol. The van der Waals surface area contributed by atoms with Crippen molar-refractivity contribution in [3.63, 3.8) is 0 Å². The molecular formula is C30H31NO3. The highest BCUT2D eigenvalue weighted by atomic mass is 16.5. The minimum Gasteiger partial charge on any atom is -0.508 e. The molecule has 2 heterocycles. The van der Waals surface area contributed by atoms with Gasteiger partial charge in [0, 0.05) is 53.6 Å². The zero-order valence-corrected chi connectivity index (χ0v) is 19.4. The Bertz CT molecular complexity index is 1160. The third kappa shape index (κ3) is 3.75. The molecule has 2 aliphatic heterocycles. The number of anilines is 1. The number of hydrogen-bond donors (Lipinski definition) is 1. The molecule has 3 aromatic carbocycles. The maximum atomic E-state index is 11.1. The number of ether oxygens (including phenoxy) is 1. The Kier molecular flexibility index (Phi) is 5.32. The van der Waals surface area contributed by atoms with Gasteiger partial charge in [-0.2, -0.15) is 0 Å². The summed E-state index contributed by atoms with van der Waals surface area (Å²) in [5.74, 6) is 1.67. The molecule has 174 valence electrons. The summed E-state index contributed by atoms with van der Waals surface area (Å²) >= 11 is 0. The van der Waals surface area contributed by atoms with Crippen LogP contribution in [-0.4, -0.2) is 31.1 Å². The van der Waals surface area contributed by atoms with Crippen LogP contribution in [0.1, 0.15) is 54.2 Å². The van der Waals surface area contributed by atoms with Crippen LogP contribution in [0.15, 0.2) is 72.8 Å². The van der Waals surface area contributed by atoms with Crippen molar-refractivity contribution in [3.8, 4) is 11.5 Å². The van der Waals surface area contributed by atoms with Crippen LogP contribution in [0, 0.1) is 11.3 Å². The van der Waals surface area contributed by atoms with E-state index in [1.807, 2.05) is 12.1 Å². The van der Waals surface area contributed by atoms with Gasteiger partial charge in [-0.05, 0) is 55.0 Å². The predicted molar refractivity (Wildman–Crippen MR) is 134 cm³/mol. The Morgan fingerprint density at radius 2 is 1.65 bits per heavy atom. The molecule has 4 heteroatoms. The SMILES string of the molecule is O=CC1CCC2(CC1)CN(c1ccc([C@H]3c4ccc(O)cc4OC[C@H]3c3ccccc3)cc1)C2. The summed E-state index contributed by atoms with van der Waals surface area (Å²) in [6.45, 7) is 2.79. The van der Waals surface area contributed by atoms with E-state index in [1.54, 1.807) is 12.1 Å². The Balaban J connectivity index is 1.25. The van der Waals surface area contributed by atoms with Crippen molar-refractivity contribution in [1.29, 1.82) is 0 Å². The van der Waals surface area contributed by atoms with Crippen LogP contribution in [0.5, 0.6) is 11.5 Å². The van der Waals surface area contributed by atoms with Gasteiger partial charge >= 0.3 is 0 Å². The average molecular weight is 454 g/mol. The first-order chi connectivity index (χ1) is 16.6. The number of phenols is 1. The summed E-state index contributed by atoms with van der Waals surface area (Å²) in [6, 6.07) is 25.1. The lowest BCUT2D eigenvalue weighted by atomic mass is 9.66. The van der Waals surface area contributed by atoms with Crippen molar-refractivity contribution in [3.05, 3.63) is 89.5 Å². The molecule has 0 amide bonds. The maximum Gasteiger partial charge on any atom is 0.126 e. The molecule has 6 rings (SSSR count). The maximum absolute atomic E-state index is 11.1. The van der Waals surface area contributed by atoms with Crippen molar-refractivity contribution in [2.75, 3.05) is 24.6 Å². The standard InChI is InChI=1S/C30H31NO3/c32-17-21-12-14-30(15-13-21)19-31(20-30)24-8-6-23(7-9-24)29-26-11-10-25(33)16-28(26)34-18-27(29)22-4-2-1-3-5-22/h1-11,16-17,21,27,29,33H,12-15,18-20H2/t27-,29-/m0/s1. The third-order valence-electron chi connectivity index (χ3n) is 8.33. The molecule has 1 aliphatic carbocycles. The number of benzene rings is 3. The van der Waals surface area contributed by atoms with Crippen molar-refractivity contribution >= 4 is 12.0 Å². The van der Waals surface area contributed by atoms with Crippen LogP contribution in [-0.2, 0) is 4.79 Å². The second kappa shape index (κ2) is 8.50. The highest BCUT2D eigenvalue weighted by Gasteiger charge is 2.45. The summed E-state index contributed by atoms with van der Waals surface area (Å²) in [5.41, 5.74) is 5.36. The zero-order chi connectivity index (χ0) is 23.1. The molecule has 1 N–H and O–H groups in total. The van der Waals surface area contributed by atoms with Gasteiger partial charge in [0.25, 0.3) is 0 Å². The summed E-state index contributed by atoms with van der Waals surface area (Å²) in [7, 11) is 0. The van der Waals surface area contributed by atoms with E-state index in [0.717, 1.165) is 43.5 Å². The van der Waals surface area contributed by atoms with E-state index in [-0.39, 0.29) is 23.5 Å². The van der Waals surface area contributed by atoms with Gasteiger partial charge in [-0.1, -0.05) is 48.5 Å². The van der Waals surface area contributed by atoms with Gasteiger partial charge in [0.05, 0.1) is 6.61 Å². The fourth-order valence-corrected chi connectivity index (χ4v) is 6.34. The highest BCUT2D eigenvalue weighted by Crippen LogP contribution is 2.49. The quantitative estimate of drug-likeness (QED) is 0.500. The van der Waals surface area contributed by atoms with Crippen molar-refractivity contribution in [2.24, 2.45) is 11.3 Å². The van der Waals surface area contributed by atoms with Gasteiger partial charge in [-0.15, -0.1) is 0 Å².